The number of carbonyl (C=O) groups is 2. The monoisotopic (exact) mass is 370 g/mol. The van der Waals surface area contributed by atoms with E-state index in [0.717, 1.165) is 5.56 Å². The molecule has 0 aromatic heterocycles. The van der Waals surface area contributed by atoms with E-state index < -0.39 is 18.5 Å². The highest BCUT2D eigenvalue weighted by atomic mass is 35.5. The Labute approximate surface area is 155 Å². The Balaban J connectivity index is 2.24. The van der Waals surface area contributed by atoms with Gasteiger partial charge in [0.05, 0.1) is 0 Å². The summed E-state index contributed by atoms with van der Waals surface area (Å²) in [7, 11) is 0. The van der Waals surface area contributed by atoms with Crippen LogP contribution in [0.25, 0.3) is 6.08 Å². The van der Waals surface area contributed by atoms with Gasteiger partial charge in [-0.1, -0.05) is 35.9 Å². The van der Waals surface area contributed by atoms with E-state index in [4.69, 9.17) is 21.4 Å². The van der Waals surface area contributed by atoms with Crippen LogP contribution in [0.5, 0.6) is 5.75 Å². The van der Waals surface area contributed by atoms with Crippen LogP contribution in [0, 0.1) is 18.3 Å². The highest BCUT2D eigenvalue weighted by Gasteiger charge is 2.12. The van der Waals surface area contributed by atoms with Gasteiger partial charge < -0.3 is 15.2 Å². The third-order valence-corrected chi connectivity index (χ3v) is 3.77. The minimum atomic E-state index is -1.13. The second kappa shape index (κ2) is 8.70. The highest BCUT2D eigenvalue weighted by Crippen LogP contribution is 2.23. The molecule has 0 aliphatic carbocycles. The molecule has 2 N–H and O–H groups in total. The fraction of sp³-hybridized carbons (Fsp3) is 0.105. The molecular weight excluding hydrogens is 356 g/mol. The number of carboxylic acid groups (broad SMARTS) is 1. The maximum Gasteiger partial charge on any atom is 0.341 e. The standard InChI is InChI=1S/C19H15ClN2O4/c1-12-6-7-15(9-16(12)20)22-19(25)14(10-21)8-13-4-2-3-5-17(13)26-11-18(23)24/h2-9H,11H2,1H3,(H,22,25)(H,23,24)/b14-8-. The molecule has 0 atom stereocenters. The van der Waals surface area contributed by atoms with Gasteiger partial charge in [-0.05, 0) is 36.8 Å². The molecule has 1 amide bonds. The third kappa shape index (κ3) is 5.10. The van der Waals surface area contributed by atoms with E-state index in [1.54, 1.807) is 42.5 Å². The van der Waals surface area contributed by atoms with E-state index in [1.807, 2.05) is 13.0 Å². The van der Waals surface area contributed by atoms with Crippen LogP contribution in [-0.4, -0.2) is 23.6 Å². The van der Waals surface area contributed by atoms with E-state index in [0.29, 0.717) is 16.3 Å². The van der Waals surface area contributed by atoms with Crippen LogP contribution < -0.4 is 10.1 Å². The quantitative estimate of drug-likeness (QED) is 0.597. The molecule has 6 nitrogen and oxygen atoms in total. The molecule has 0 saturated heterocycles. The number of anilines is 1. The zero-order valence-corrected chi connectivity index (χ0v) is 14.6. The average Bonchev–Trinajstić information content (AvgIpc) is 2.61. The molecule has 0 radical (unpaired) electrons. The van der Waals surface area contributed by atoms with Gasteiger partial charge in [-0.2, -0.15) is 5.26 Å². The van der Waals surface area contributed by atoms with Crippen LogP contribution in [0.4, 0.5) is 5.69 Å². The van der Waals surface area contributed by atoms with Gasteiger partial charge in [-0.15, -0.1) is 0 Å². The molecular formula is C19H15ClN2O4. The van der Waals surface area contributed by atoms with Crippen LogP contribution in [-0.2, 0) is 9.59 Å². The van der Waals surface area contributed by atoms with Crippen molar-refractivity contribution in [2.24, 2.45) is 0 Å². The first-order chi connectivity index (χ1) is 12.4. The van der Waals surface area contributed by atoms with Gasteiger partial charge in [0.1, 0.15) is 17.4 Å². The van der Waals surface area contributed by atoms with Crippen molar-refractivity contribution in [3.05, 3.63) is 64.2 Å². The van der Waals surface area contributed by atoms with Crippen molar-refractivity contribution in [1.29, 1.82) is 5.26 Å². The van der Waals surface area contributed by atoms with E-state index in [2.05, 4.69) is 5.32 Å². The third-order valence-electron chi connectivity index (χ3n) is 3.36. The van der Waals surface area contributed by atoms with Gasteiger partial charge in [-0.25, -0.2) is 4.79 Å². The Kier molecular flexibility index (Phi) is 6.36. The molecule has 2 aromatic rings. The minimum absolute atomic E-state index is 0.159. The Morgan fingerprint density at radius 1 is 1.31 bits per heavy atom. The summed E-state index contributed by atoms with van der Waals surface area (Å²) >= 11 is 6.03. The van der Waals surface area contributed by atoms with Crippen LogP contribution >= 0.6 is 11.6 Å². The summed E-state index contributed by atoms with van der Waals surface area (Å²) in [6.07, 6.45) is 1.34. The number of aryl methyl sites for hydroxylation is 1. The number of carbonyl (C=O) groups excluding carboxylic acids is 1. The first kappa shape index (κ1) is 19.0. The summed E-state index contributed by atoms with van der Waals surface area (Å²) in [4.78, 5) is 23.0. The normalized spacial score (nSPS) is 10.7. The van der Waals surface area contributed by atoms with Gasteiger partial charge in [0.2, 0.25) is 0 Å². The number of nitrogens with zero attached hydrogens (tertiary/aromatic N) is 1. The first-order valence-corrected chi connectivity index (χ1v) is 7.91. The summed E-state index contributed by atoms with van der Waals surface area (Å²) in [6.45, 7) is 1.31. The van der Waals surface area contributed by atoms with E-state index in [9.17, 15) is 14.9 Å². The predicted molar refractivity (Wildman–Crippen MR) is 98.0 cm³/mol. The zero-order valence-electron chi connectivity index (χ0n) is 13.8. The number of rotatable bonds is 6. The summed E-state index contributed by atoms with van der Waals surface area (Å²) in [6, 6.07) is 13.4. The van der Waals surface area contributed by atoms with Gasteiger partial charge in [0.15, 0.2) is 6.61 Å². The second-order valence-corrected chi connectivity index (χ2v) is 5.72. The number of hydrogen-bond acceptors (Lipinski definition) is 4. The molecule has 0 unspecified atom stereocenters. The number of carboxylic acids is 1. The number of hydrogen-bond donors (Lipinski definition) is 2. The number of nitriles is 1. The fourth-order valence-corrected chi connectivity index (χ4v) is 2.22. The lowest BCUT2D eigenvalue weighted by atomic mass is 10.1. The van der Waals surface area contributed by atoms with E-state index in [-0.39, 0.29) is 11.3 Å². The van der Waals surface area contributed by atoms with Crippen molar-refractivity contribution in [1.82, 2.24) is 0 Å². The topological polar surface area (TPSA) is 99.4 Å². The lowest BCUT2D eigenvalue weighted by Gasteiger charge is -2.08. The SMILES string of the molecule is Cc1ccc(NC(=O)/C(C#N)=C\c2ccccc2OCC(=O)O)cc1Cl. The average molecular weight is 371 g/mol. The first-order valence-electron chi connectivity index (χ1n) is 7.53. The lowest BCUT2D eigenvalue weighted by Crippen LogP contribution is -2.14. The molecule has 132 valence electrons. The number of benzene rings is 2. The lowest BCUT2D eigenvalue weighted by molar-refractivity contribution is -0.139. The molecule has 0 spiro atoms. The smallest absolute Gasteiger partial charge is 0.341 e. The molecule has 0 aliphatic heterocycles. The van der Waals surface area contributed by atoms with Crippen molar-refractivity contribution in [2.45, 2.75) is 6.92 Å². The molecule has 26 heavy (non-hydrogen) atoms. The Morgan fingerprint density at radius 3 is 2.69 bits per heavy atom. The fourth-order valence-electron chi connectivity index (χ4n) is 2.04. The van der Waals surface area contributed by atoms with Crippen LogP contribution in [0.15, 0.2) is 48.0 Å². The van der Waals surface area contributed by atoms with Crippen LogP contribution in [0.3, 0.4) is 0 Å². The van der Waals surface area contributed by atoms with Gasteiger partial charge in [0.25, 0.3) is 5.91 Å². The molecule has 7 heteroatoms. The van der Waals surface area contributed by atoms with Crippen molar-refractivity contribution < 1.29 is 19.4 Å². The van der Waals surface area contributed by atoms with Gasteiger partial charge in [0, 0.05) is 16.3 Å². The maximum absolute atomic E-state index is 12.3. The van der Waals surface area contributed by atoms with E-state index in [1.165, 1.54) is 6.08 Å². The molecule has 0 aliphatic rings. The van der Waals surface area contributed by atoms with Crippen LogP contribution in [0.2, 0.25) is 5.02 Å². The Hall–Kier alpha value is -3.30. The summed E-state index contributed by atoms with van der Waals surface area (Å²) < 4.78 is 5.17. The Bertz CT molecular complexity index is 916. The number of nitrogens with one attached hydrogen (secondary N) is 1. The van der Waals surface area contributed by atoms with Crippen molar-refractivity contribution >= 4 is 35.2 Å². The molecule has 2 aromatic carbocycles. The molecule has 2 rings (SSSR count). The molecule has 0 bridgehead atoms. The van der Waals surface area contributed by atoms with Crippen molar-refractivity contribution in [3.8, 4) is 11.8 Å². The maximum atomic E-state index is 12.3. The van der Waals surface area contributed by atoms with Crippen LogP contribution in [0.1, 0.15) is 11.1 Å². The summed E-state index contributed by atoms with van der Waals surface area (Å²) in [5.74, 6) is -1.48. The number of aliphatic carboxylic acids is 1. The highest BCUT2D eigenvalue weighted by molar-refractivity contribution is 6.31. The second-order valence-electron chi connectivity index (χ2n) is 5.31. The van der Waals surface area contributed by atoms with Gasteiger partial charge >= 0.3 is 5.97 Å². The summed E-state index contributed by atoms with van der Waals surface area (Å²) in [5, 5.41) is 21.1. The predicted octanol–water partition coefficient (Wildman–Crippen LogP) is 3.66. The van der Waals surface area contributed by atoms with Crippen molar-refractivity contribution in [2.75, 3.05) is 11.9 Å². The van der Waals surface area contributed by atoms with E-state index >= 15 is 0 Å². The number of para-hydroxylation sites is 1. The Morgan fingerprint density at radius 2 is 2.04 bits per heavy atom. The van der Waals surface area contributed by atoms with Crippen molar-refractivity contribution in [3.63, 3.8) is 0 Å². The molecule has 0 fully saturated rings. The summed E-state index contributed by atoms with van der Waals surface area (Å²) in [5.41, 5.74) is 1.59. The number of ether oxygens (including phenoxy) is 1. The number of amides is 1. The van der Waals surface area contributed by atoms with Gasteiger partial charge in [-0.3, -0.25) is 4.79 Å². The number of halogens is 1. The molecule has 0 saturated carbocycles. The largest absolute Gasteiger partial charge is 0.481 e. The zero-order chi connectivity index (χ0) is 19.1. The minimum Gasteiger partial charge on any atom is -0.481 e. The molecule has 0 heterocycles.